The number of thiazole rings is 1. The number of hydrogen-bond donors (Lipinski definition) is 2. The molecule has 5 nitrogen and oxygen atoms in total. The molecule has 102 valence electrons. The molecule has 8 heteroatoms. The summed E-state index contributed by atoms with van der Waals surface area (Å²) in [5.74, 6) is 0. The molecule has 1 aliphatic carbocycles. The van der Waals surface area contributed by atoms with Gasteiger partial charge in [-0.3, -0.25) is 0 Å². The topological polar surface area (TPSA) is 85.1 Å². The van der Waals surface area contributed by atoms with Gasteiger partial charge in [0.25, 0.3) is 10.0 Å². The van der Waals surface area contributed by atoms with Crippen molar-refractivity contribution in [2.75, 3.05) is 12.0 Å². The van der Waals surface area contributed by atoms with Crippen molar-refractivity contribution in [1.29, 1.82) is 0 Å². The van der Waals surface area contributed by atoms with Crippen molar-refractivity contribution in [2.45, 2.75) is 41.7 Å². The minimum atomic E-state index is -3.47. The normalized spacial score (nSPS) is 24.6. The van der Waals surface area contributed by atoms with Gasteiger partial charge in [0.05, 0.1) is 5.69 Å². The van der Waals surface area contributed by atoms with Crippen LogP contribution in [-0.2, 0) is 10.0 Å². The van der Waals surface area contributed by atoms with Gasteiger partial charge in [-0.1, -0.05) is 11.3 Å². The van der Waals surface area contributed by atoms with Crippen LogP contribution in [0, 0.1) is 6.92 Å². The first kappa shape index (κ1) is 14.1. The summed E-state index contributed by atoms with van der Waals surface area (Å²) < 4.78 is 27.4. The highest BCUT2D eigenvalue weighted by atomic mass is 32.2. The number of sulfonamides is 1. The van der Waals surface area contributed by atoms with Crippen LogP contribution >= 0.6 is 23.1 Å². The molecule has 0 bridgehead atoms. The lowest BCUT2D eigenvalue weighted by Gasteiger charge is -2.12. The summed E-state index contributed by atoms with van der Waals surface area (Å²) in [7, 11) is -3.47. The van der Waals surface area contributed by atoms with Gasteiger partial charge in [-0.15, -0.1) is 0 Å². The van der Waals surface area contributed by atoms with Crippen LogP contribution in [-0.4, -0.2) is 30.9 Å². The van der Waals surface area contributed by atoms with E-state index >= 15 is 0 Å². The van der Waals surface area contributed by atoms with Crippen molar-refractivity contribution in [3.8, 4) is 0 Å². The maximum Gasteiger partial charge on any atom is 0.252 e. The molecule has 2 unspecified atom stereocenters. The lowest BCUT2D eigenvalue weighted by molar-refractivity contribution is 0.554. The first-order chi connectivity index (χ1) is 8.42. The zero-order valence-corrected chi connectivity index (χ0v) is 12.8. The zero-order chi connectivity index (χ0) is 13.3. The molecule has 0 spiro atoms. The Morgan fingerprint density at radius 1 is 1.50 bits per heavy atom. The van der Waals surface area contributed by atoms with Gasteiger partial charge >= 0.3 is 0 Å². The van der Waals surface area contributed by atoms with Crippen LogP contribution in [0.3, 0.4) is 0 Å². The average Bonchev–Trinajstić information content (AvgIpc) is 2.84. The summed E-state index contributed by atoms with van der Waals surface area (Å²) in [4.78, 5) is 3.96. The first-order valence-corrected chi connectivity index (χ1v) is 9.29. The molecule has 1 fully saturated rings. The van der Waals surface area contributed by atoms with Crippen molar-refractivity contribution in [2.24, 2.45) is 0 Å². The molecule has 1 aliphatic rings. The Hall–Kier alpha value is -0.310. The summed E-state index contributed by atoms with van der Waals surface area (Å²) >= 11 is 2.82. The van der Waals surface area contributed by atoms with Crippen LogP contribution < -0.4 is 10.5 Å². The Morgan fingerprint density at radius 2 is 2.22 bits per heavy atom. The van der Waals surface area contributed by atoms with Crippen LogP contribution in [0.1, 0.15) is 25.0 Å². The quantitative estimate of drug-likeness (QED) is 0.882. The molecule has 0 saturated heterocycles. The maximum absolute atomic E-state index is 12.2. The zero-order valence-electron chi connectivity index (χ0n) is 10.3. The van der Waals surface area contributed by atoms with Crippen molar-refractivity contribution < 1.29 is 8.42 Å². The summed E-state index contributed by atoms with van der Waals surface area (Å²) in [5.41, 5.74) is 6.02. The van der Waals surface area contributed by atoms with Crippen LogP contribution in [0.4, 0.5) is 5.13 Å². The number of nitrogens with two attached hydrogens (primary N) is 1. The molecule has 2 atom stereocenters. The average molecular weight is 307 g/mol. The molecular formula is C10H17N3O2S3. The van der Waals surface area contributed by atoms with E-state index in [1.165, 1.54) is 0 Å². The van der Waals surface area contributed by atoms with E-state index in [4.69, 9.17) is 5.73 Å². The summed E-state index contributed by atoms with van der Waals surface area (Å²) in [6, 6.07) is 0.0372. The Morgan fingerprint density at radius 3 is 2.72 bits per heavy atom. The SMILES string of the molecule is CSC1CCC(NS(=O)(=O)c2sc(N)nc2C)C1. The van der Waals surface area contributed by atoms with E-state index in [-0.39, 0.29) is 10.3 Å². The molecule has 0 amide bonds. The van der Waals surface area contributed by atoms with E-state index in [1.807, 2.05) is 0 Å². The van der Waals surface area contributed by atoms with Gasteiger partial charge in [0.15, 0.2) is 9.34 Å². The fourth-order valence-electron chi connectivity index (χ4n) is 2.19. The highest BCUT2D eigenvalue weighted by molar-refractivity contribution is 7.99. The number of nitrogens with one attached hydrogen (secondary N) is 1. The van der Waals surface area contributed by atoms with Crippen LogP contribution in [0.25, 0.3) is 0 Å². The van der Waals surface area contributed by atoms with Gasteiger partial charge in [0.1, 0.15) is 0 Å². The van der Waals surface area contributed by atoms with Gasteiger partial charge in [0.2, 0.25) is 0 Å². The molecule has 1 saturated carbocycles. The highest BCUT2D eigenvalue weighted by Crippen LogP contribution is 2.30. The van der Waals surface area contributed by atoms with Gasteiger partial charge in [-0.25, -0.2) is 18.1 Å². The van der Waals surface area contributed by atoms with E-state index in [2.05, 4.69) is 16.0 Å². The number of nitrogen functional groups attached to an aromatic ring is 1. The Kier molecular flexibility index (Phi) is 4.20. The molecule has 1 heterocycles. The fourth-order valence-corrected chi connectivity index (χ4v) is 5.58. The van der Waals surface area contributed by atoms with Crippen LogP contribution in [0.15, 0.2) is 4.21 Å². The third-order valence-corrected chi connectivity index (χ3v) is 7.27. The minimum Gasteiger partial charge on any atom is -0.375 e. The molecule has 0 aromatic carbocycles. The number of aryl methyl sites for hydroxylation is 1. The summed E-state index contributed by atoms with van der Waals surface area (Å²) in [6.07, 6.45) is 4.93. The van der Waals surface area contributed by atoms with E-state index in [1.54, 1.807) is 18.7 Å². The third kappa shape index (κ3) is 2.98. The van der Waals surface area contributed by atoms with Crippen molar-refractivity contribution in [3.63, 3.8) is 0 Å². The lowest BCUT2D eigenvalue weighted by atomic mass is 10.3. The second-order valence-electron chi connectivity index (χ2n) is 4.41. The van der Waals surface area contributed by atoms with Crippen molar-refractivity contribution in [3.05, 3.63) is 5.69 Å². The number of thioether (sulfide) groups is 1. The Labute approximate surface area is 116 Å². The van der Waals surface area contributed by atoms with Crippen molar-refractivity contribution in [1.82, 2.24) is 9.71 Å². The molecule has 0 aliphatic heterocycles. The molecule has 3 N–H and O–H groups in total. The Balaban J connectivity index is 2.11. The first-order valence-electron chi connectivity index (χ1n) is 5.70. The van der Waals surface area contributed by atoms with E-state index in [9.17, 15) is 8.42 Å². The smallest absolute Gasteiger partial charge is 0.252 e. The summed E-state index contributed by atoms with van der Waals surface area (Å²) in [5, 5.41) is 0.853. The maximum atomic E-state index is 12.2. The third-order valence-electron chi connectivity index (χ3n) is 3.05. The molecule has 2 rings (SSSR count). The minimum absolute atomic E-state index is 0.0372. The number of hydrogen-bond acceptors (Lipinski definition) is 6. The van der Waals surface area contributed by atoms with Crippen molar-refractivity contribution >= 4 is 38.3 Å². The standard InChI is InChI=1S/C10H17N3O2S3/c1-6-9(17-10(11)12-6)18(14,15)13-7-3-4-8(5-7)16-2/h7-8,13H,3-5H2,1-2H3,(H2,11,12). The predicted molar refractivity (Wildman–Crippen MR) is 76.5 cm³/mol. The lowest BCUT2D eigenvalue weighted by Crippen LogP contribution is -2.33. The van der Waals surface area contributed by atoms with E-state index < -0.39 is 10.0 Å². The molecule has 18 heavy (non-hydrogen) atoms. The monoisotopic (exact) mass is 307 g/mol. The van der Waals surface area contributed by atoms with Crippen LogP contribution in [0.2, 0.25) is 0 Å². The van der Waals surface area contributed by atoms with Crippen LogP contribution in [0.5, 0.6) is 0 Å². The van der Waals surface area contributed by atoms with E-state index in [0.29, 0.717) is 16.1 Å². The Bertz CT molecular complexity index is 526. The number of aromatic nitrogens is 1. The van der Waals surface area contributed by atoms with Gasteiger partial charge in [-0.2, -0.15) is 11.8 Å². The van der Waals surface area contributed by atoms with Gasteiger partial charge < -0.3 is 5.73 Å². The van der Waals surface area contributed by atoms with Gasteiger partial charge in [0, 0.05) is 11.3 Å². The number of rotatable bonds is 4. The second-order valence-corrected chi connectivity index (χ2v) is 8.49. The highest BCUT2D eigenvalue weighted by Gasteiger charge is 2.30. The fraction of sp³-hybridized carbons (Fsp3) is 0.700. The molecular weight excluding hydrogens is 290 g/mol. The van der Waals surface area contributed by atoms with E-state index in [0.717, 1.165) is 30.6 Å². The number of nitrogens with zero attached hydrogens (tertiary/aromatic N) is 1. The largest absolute Gasteiger partial charge is 0.375 e. The summed E-state index contributed by atoms with van der Waals surface area (Å²) in [6.45, 7) is 1.67. The molecule has 1 aromatic rings. The van der Waals surface area contributed by atoms with Gasteiger partial charge in [-0.05, 0) is 32.4 Å². The molecule has 0 radical (unpaired) electrons. The molecule has 1 aromatic heterocycles. The second kappa shape index (κ2) is 5.36. The number of anilines is 1. The predicted octanol–water partition coefficient (Wildman–Crippen LogP) is 1.60.